The van der Waals surface area contributed by atoms with Gasteiger partial charge in [0, 0.05) is 7.11 Å². The molecule has 0 heterocycles. The largest absolute Gasteiger partial charge is 0.365 e. The van der Waals surface area contributed by atoms with Gasteiger partial charge in [-0.3, -0.25) is 0 Å². The van der Waals surface area contributed by atoms with Crippen LogP contribution in [0.25, 0.3) is 0 Å². The molecule has 1 unspecified atom stereocenters. The first-order valence-electron chi connectivity index (χ1n) is 3.91. The summed E-state index contributed by atoms with van der Waals surface area (Å²) in [5.74, 6) is 0. The van der Waals surface area contributed by atoms with Crippen LogP contribution in [-0.2, 0) is 14.6 Å². The van der Waals surface area contributed by atoms with Gasteiger partial charge < -0.3 is 4.74 Å². The molecule has 1 aromatic rings. The van der Waals surface area contributed by atoms with Crippen LogP contribution < -0.4 is 0 Å². The zero-order valence-electron chi connectivity index (χ0n) is 7.60. The number of methoxy groups -OCH3 is 1. The van der Waals surface area contributed by atoms with E-state index in [1.165, 1.54) is 14.0 Å². The van der Waals surface area contributed by atoms with Crippen molar-refractivity contribution in [2.45, 2.75) is 17.3 Å². The van der Waals surface area contributed by atoms with Gasteiger partial charge in [0.05, 0.1) is 4.90 Å². The Morgan fingerprint density at radius 2 is 1.77 bits per heavy atom. The minimum Gasteiger partial charge on any atom is -0.365 e. The van der Waals surface area contributed by atoms with E-state index < -0.39 is 15.3 Å². The average molecular weight is 200 g/mol. The van der Waals surface area contributed by atoms with E-state index in [2.05, 4.69) is 0 Å². The normalized spacial score (nSPS) is 14.0. The first-order chi connectivity index (χ1) is 6.09. The molecule has 1 atom stereocenters. The van der Waals surface area contributed by atoms with Crippen LogP contribution >= 0.6 is 0 Å². The van der Waals surface area contributed by atoms with Gasteiger partial charge in [-0.2, -0.15) is 0 Å². The van der Waals surface area contributed by atoms with Crippen molar-refractivity contribution >= 4 is 9.84 Å². The molecule has 0 aliphatic heterocycles. The lowest BCUT2D eigenvalue weighted by atomic mass is 10.4. The van der Waals surface area contributed by atoms with Crippen LogP contribution in [0.3, 0.4) is 0 Å². The lowest BCUT2D eigenvalue weighted by molar-refractivity contribution is 0.178. The Morgan fingerprint density at radius 1 is 1.23 bits per heavy atom. The molecule has 0 saturated carbocycles. The second-order valence-electron chi connectivity index (χ2n) is 2.66. The lowest BCUT2D eigenvalue weighted by Gasteiger charge is -2.10. The van der Waals surface area contributed by atoms with E-state index in [4.69, 9.17) is 4.74 Å². The fraction of sp³-hybridized carbons (Fsp3) is 0.333. The van der Waals surface area contributed by atoms with Crippen LogP contribution in [0.5, 0.6) is 0 Å². The van der Waals surface area contributed by atoms with Crippen LogP contribution in [-0.4, -0.2) is 21.0 Å². The molecule has 0 fully saturated rings. The Labute approximate surface area is 78.3 Å². The van der Waals surface area contributed by atoms with Crippen molar-refractivity contribution in [2.75, 3.05) is 7.11 Å². The summed E-state index contributed by atoms with van der Waals surface area (Å²) < 4.78 is 28.1. The van der Waals surface area contributed by atoms with E-state index in [0.717, 1.165) is 0 Å². The molecule has 0 spiro atoms. The van der Waals surface area contributed by atoms with Crippen molar-refractivity contribution in [1.82, 2.24) is 0 Å². The van der Waals surface area contributed by atoms with Crippen molar-refractivity contribution in [3.05, 3.63) is 30.3 Å². The predicted molar refractivity (Wildman–Crippen MR) is 50.1 cm³/mol. The summed E-state index contributed by atoms with van der Waals surface area (Å²) in [6.07, 6.45) is 0. The van der Waals surface area contributed by atoms with Crippen molar-refractivity contribution < 1.29 is 13.2 Å². The monoisotopic (exact) mass is 200 g/mol. The van der Waals surface area contributed by atoms with Gasteiger partial charge in [0.2, 0.25) is 9.84 Å². The van der Waals surface area contributed by atoms with Gasteiger partial charge in [-0.15, -0.1) is 0 Å². The Hall–Kier alpha value is -0.870. The first-order valence-corrected chi connectivity index (χ1v) is 5.45. The van der Waals surface area contributed by atoms with Gasteiger partial charge in [0.25, 0.3) is 0 Å². The summed E-state index contributed by atoms with van der Waals surface area (Å²) in [4.78, 5) is 0.296. The SMILES string of the molecule is COC(C)S(=O)(=O)c1ccccc1. The highest BCUT2D eigenvalue weighted by Gasteiger charge is 2.21. The molecule has 0 bridgehead atoms. The molecule has 13 heavy (non-hydrogen) atoms. The maximum absolute atomic E-state index is 11.6. The number of hydrogen-bond acceptors (Lipinski definition) is 3. The van der Waals surface area contributed by atoms with Gasteiger partial charge >= 0.3 is 0 Å². The van der Waals surface area contributed by atoms with E-state index in [9.17, 15) is 8.42 Å². The molecule has 0 aliphatic carbocycles. The Bertz CT molecular complexity index is 356. The molecule has 0 aliphatic rings. The van der Waals surface area contributed by atoms with Crippen LogP contribution in [0, 0.1) is 0 Å². The third-order valence-corrected chi connectivity index (χ3v) is 3.84. The van der Waals surface area contributed by atoms with Crippen LogP contribution in [0.15, 0.2) is 35.2 Å². The summed E-state index contributed by atoms with van der Waals surface area (Å²) in [6.45, 7) is 1.52. The maximum atomic E-state index is 11.6. The fourth-order valence-electron chi connectivity index (χ4n) is 0.928. The lowest BCUT2D eigenvalue weighted by Crippen LogP contribution is -2.19. The maximum Gasteiger partial charge on any atom is 0.204 e. The third kappa shape index (κ3) is 2.08. The second kappa shape index (κ2) is 3.89. The Balaban J connectivity index is 3.09. The minimum atomic E-state index is -3.31. The van der Waals surface area contributed by atoms with E-state index >= 15 is 0 Å². The third-order valence-electron chi connectivity index (χ3n) is 1.84. The molecule has 4 heteroatoms. The summed E-state index contributed by atoms with van der Waals surface area (Å²) in [5, 5.41) is 0. The quantitative estimate of drug-likeness (QED) is 0.741. The van der Waals surface area contributed by atoms with Gasteiger partial charge in [0.15, 0.2) is 5.44 Å². The summed E-state index contributed by atoms with van der Waals surface area (Å²) in [7, 11) is -1.93. The van der Waals surface area contributed by atoms with Gasteiger partial charge in [-0.25, -0.2) is 8.42 Å². The number of benzene rings is 1. The summed E-state index contributed by atoms with van der Waals surface area (Å²) in [6, 6.07) is 8.27. The van der Waals surface area contributed by atoms with E-state index in [-0.39, 0.29) is 0 Å². The fourth-order valence-corrected chi connectivity index (χ4v) is 2.10. The zero-order valence-corrected chi connectivity index (χ0v) is 8.41. The molecule has 3 nitrogen and oxygen atoms in total. The van der Waals surface area contributed by atoms with Crippen molar-refractivity contribution in [3.8, 4) is 0 Å². The first kappa shape index (κ1) is 10.2. The zero-order chi connectivity index (χ0) is 9.90. The highest BCUT2D eigenvalue weighted by Crippen LogP contribution is 2.15. The predicted octanol–water partition coefficient (Wildman–Crippen LogP) is 1.45. The van der Waals surface area contributed by atoms with Crippen LogP contribution in [0.1, 0.15) is 6.92 Å². The topological polar surface area (TPSA) is 43.4 Å². The standard InChI is InChI=1S/C9H12O3S/c1-8(12-2)13(10,11)9-6-4-3-5-7-9/h3-8H,1-2H3. The minimum absolute atomic E-state index is 0.296. The van der Waals surface area contributed by atoms with Crippen molar-refractivity contribution in [2.24, 2.45) is 0 Å². The molecule has 1 aromatic carbocycles. The Morgan fingerprint density at radius 3 is 2.23 bits per heavy atom. The highest BCUT2D eigenvalue weighted by molar-refractivity contribution is 7.91. The van der Waals surface area contributed by atoms with Crippen LogP contribution in [0.4, 0.5) is 0 Å². The van der Waals surface area contributed by atoms with Crippen molar-refractivity contribution in [1.29, 1.82) is 0 Å². The molecular weight excluding hydrogens is 188 g/mol. The molecule has 0 aromatic heterocycles. The second-order valence-corrected chi connectivity index (χ2v) is 4.89. The molecular formula is C9H12O3S. The summed E-state index contributed by atoms with van der Waals surface area (Å²) >= 11 is 0. The van der Waals surface area contributed by atoms with Gasteiger partial charge in [-0.1, -0.05) is 18.2 Å². The van der Waals surface area contributed by atoms with Gasteiger partial charge in [-0.05, 0) is 19.1 Å². The number of ether oxygens (including phenoxy) is 1. The smallest absolute Gasteiger partial charge is 0.204 e. The van der Waals surface area contributed by atoms with Crippen molar-refractivity contribution in [3.63, 3.8) is 0 Å². The number of sulfone groups is 1. The summed E-state index contributed by atoms with van der Waals surface area (Å²) in [5.41, 5.74) is -0.796. The molecule has 0 amide bonds. The highest BCUT2D eigenvalue weighted by atomic mass is 32.2. The molecule has 0 radical (unpaired) electrons. The van der Waals surface area contributed by atoms with Gasteiger partial charge in [0.1, 0.15) is 0 Å². The number of rotatable bonds is 3. The molecule has 0 saturated heterocycles. The molecule has 1 rings (SSSR count). The molecule has 0 N–H and O–H groups in total. The van der Waals surface area contributed by atoms with E-state index in [1.807, 2.05) is 0 Å². The Kier molecular flexibility index (Phi) is 3.06. The number of hydrogen-bond donors (Lipinski definition) is 0. The van der Waals surface area contributed by atoms with Crippen LogP contribution in [0.2, 0.25) is 0 Å². The molecule has 72 valence electrons. The van der Waals surface area contributed by atoms with E-state index in [0.29, 0.717) is 4.90 Å². The van der Waals surface area contributed by atoms with E-state index in [1.54, 1.807) is 30.3 Å². The average Bonchev–Trinajstić information content (AvgIpc) is 2.18.